The first-order chi connectivity index (χ1) is 15.8. The Morgan fingerprint density at radius 3 is 2.36 bits per heavy atom. The van der Waals surface area contributed by atoms with Crippen LogP contribution in [-0.2, 0) is 22.4 Å². The van der Waals surface area contributed by atoms with Crippen LogP contribution in [0, 0.1) is 11.6 Å². The van der Waals surface area contributed by atoms with Crippen LogP contribution in [0.4, 0.5) is 8.78 Å². The lowest BCUT2D eigenvalue weighted by molar-refractivity contribution is -0.130. The van der Waals surface area contributed by atoms with Gasteiger partial charge in [-0.3, -0.25) is 9.59 Å². The summed E-state index contributed by atoms with van der Waals surface area (Å²) in [5.41, 5.74) is 7.14. The highest BCUT2D eigenvalue weighted by Gasteiger charge is 2.22. The second-order valence-corrected chi connectivity index (χ2v) is 8.79. The molecule has 5 N–H and O–H groups in total. The number of nitrogens with one attached hydrogen (secondary N) is 2. The first-order valence-electron chi connectivity index (χ1n) is 10.9. The molecule has 33 heavy (non-hydrogen) atoms. The summed E-state index contributed by atoms with van der Waals surface area (Å²) in [5, 5.41) is 15.5. The molecule has 180 valence electrons. The molecule has 0 spiro atoms. The van der Waals surface area contributed by atoms with Gasteiger partial charge in [-0.05, 0) is 73.6 Å². The molecule has 2 rings (SSSR count). The minimum Gasteiger partial charge on any atom is -0.382 e. The molecule has 2 amide bonds. The Bertz CT molecular complexity index is 912. The van der Waals surface area contributed by atoms with Crippen LogP contribution in [0.25, 0.3) is 0 Å². The number of aryl methyl sites for hydroxylation is 1. The maximum Gasteiger partial charge on any atom is 0.250 e. The van der Waals surface area contributed by atoms with Crippen LogP contribution in [-0.4, -0.2) is 42.2 Å². The highest BCUT2D eigenvalue weighted by molar-refractivity contribution is 9.10. The maximum atomic E-state index is 13.6. The summed E-state index contributed by atoms with van der Waals surface area (Å²) >= 11 is 3.35. The van der Waals surface area contributed by atoms with Crippen molar-refractivity contribution >= 4 is 27.7 Å². The molecule has 0 bridgehead atoms. The molecule has 2 unspecified atom stereocenters. The number of hydrogen-bond donors (Lipinski definition) is 4. The van der Waals surface area contributed by atoms with E-state index >= 15 is 0 Å². The Balaban J connectivity index is 1.54. The highest BCUT2D eigenvalue weighted by atomic mass is 79.9. The first kappa shape index (κ1) is 26.9. The van der Waals surface area contributed by atoms with Gasteiger partial charge in [-0.15, -0.1) is 0 Å². The van der Waals surface area contributed by atoms with Gasteiger partial charge in [0.25, 0.3) is 0 Å². The number of carbonyl (C=O) groups excluding carboxylic acids is 2. The van der Waals surface area contributed by atoms with Crippen LogP contribution >= 0.6 is 15.9 Å². The molecule has 9 heteroatoms. The van der Waals surface area contributed by atoms with E-state index in [1.54, 1.807) is 0 Å². The zero-order chi connectivity index (χ0) is 24.2. The standard InChI is InChI=1S/C24H30BrF2N3O3/c25-18-8-6-16(7-9-18)14-21(28)23(32)24(33)30-13-2-1-12-29-22(31)5-3-4-17-15-19(26)10-11-20(17)27/h6-11,15,21,23,32H,1-5,12-14,28H2,(H,29,31)(H,30,33). The number of hydrogen-bond acceptors (Lipinski definition) is 4. The first-order valence-corrected chi connectivity index (χ1v) is 11.7. The number of aliphatic hydroxyl groups is 1. The Kier molecular flexibility index (Phi) is 11.4. The van der Waals surface area contributed by atoms with Crippen molar-refractivity contribution in [3.8, 4) is 0 Å². The van der Waals surface area contributed by atoms with Crippen molar-refractivity contribution in [1.29, 1.82) is 0 Å². The molecule has 0 aromatic heterocycles. The van der Waals surface area contributed by atoms with Crippen LogP contribution in [0.3, 0.4) is 0 Å². The van der Waals surface area contributed by atoms with Gasteiger partial charge in [0, 0.05) is 30.0 Å². The lowest BCUT2D eigenvalue weighted by atomic mass is 10.0. The van der Waals surface area contributed by atoms with Gasteiger partial charge in [0.15, 0.2) is 0 Å². The van der Waals surface area contributed by atoms with E-state index in [4.69, 9.17) is 5.73 Å². The van der Waals surface area contributed by atoms with E-state index in [0.29, 0.717) is 38.8 Å². The predicted octanol–water partition coefficient (Wildman–Crippen LogP) is 2.99. The fourth-order valence-corrected chi connectivity index (χ4v) is 3.52. The third-order valence-electron chi connectivity index (χ3n) is 5.14. The number of amides is 2. The molecule has 0 fully saturated rings. The van der Waals surface area contributed by atoms with Crippen molar-refractivity contribution in [2.24, 2.45) is 5.73 Å². The number of unbranched alkanes of at least 4 members (excludes halogenated alkanes) is 1. The fourth-order valence-electron chi connectivity index (χ4n) is 3.26. The molecular weight excluding hydrogens is 496 g/mol. The predicted molar refractivity (Wildman–Crippen MR) is 126 cm³/mol. The molecule has 0 saturated carbocycles. The number of rotatable bonds is 13. The summed E-state index contributed by atoms with van der Waals surface area (Å²) in [6.45, 7) is 0.796. The molecule has 6 nitrogen and oxygen atoms in total. The molecule has 0 aliphatic carbocycles. The van der Waals surface area contributed by atoms with Crippen LogP contribution in [0.1, 0.15) is 36.8 Å². The lowest BCUT2D eigenvalue weighted by Gasteiger charge is -2.18. The normalized spacial score (nSPS) is 12.8. The van der Waals surface area contributed by atoms with Gasteiger partial charge >= 0.3 is 0 Å². The van der Waals surface area contributed by atoms with E-state index in [9.17, 15) is 23.5 Å². The number of benzene rings is 2. The van der Waals surface area contributed by atoms with Gasteiger partial charge in [-0.1, -0.05) is 28.1 Å². The average Bonchev–Trinajstić information content (AvgIpc) is 2.79. The van der Waals surface area contributed by atoms with Crippen LogP contribution in [0.15, 0.2) is 46.9 Å². The summed E-state index contributed by atoms with van der Waals surface area (Å²) in [4.78, 5) is 23.9. The van der Waals surface area contributed by atoms with E-state index in [2.05, 4.69) is 26.6 Å². The second-order valence-electron chi connectivity index (χ2n) is 7.88. The second kappa shape index (κ2) is 14.0. The van der Waals surface area contributed by atoms with E-state index < -0.39 is 29.7 Å². The van der Waals surface area contributed by atoms with E-state index in [1.807, 2.05) is 24.3 Å². The Morgan fingerprint density at radius 1 is 1.00 bits per heavy atom. The zero-order valence-electron chi connectivity index (χ0n) is 18.3. The molecule has 0 saturated heterocycles. The molecule has 0 radical (unpaired) electrons. The van der Waals surface area contributed by atoms with Crippen molar-refractivity contribution in [2.75, 3.05) is 13.1 Å². The number of nitrogens with two attached hydrogens (primary N) is 1. The summed E-state index contributed by atoms with van der Waals surface area (Å²) in [6.07, 6.45) is 1.25. The molecule has 0 aliphatic heterocycles. The van der Waals surface area contributed by atoms with Crippen LogP contribution in [0.2, 0.25) is 0 Å². The quantitative estimate of drug-likeness (QED) is 0.302. The third-order valence-corrected chi connectivity index (χ3v) is 5.67. The molecule has 2 aromatic carbocycles. The molecule has 2 aromatic rings. The van der Waals surface area contributed by atoms with Gasteiger partial charge < -0.3 is 21.5 Å². The molecule has 2 atom stereocenters. The number of carbonyl (C=O) groups is 2. The van der Waals surface area contributed by atoms with Gasteiger partial charge in [-0.25, -0.2) is 8.78 Å². The topological polar surface area (TPSA) is 104 Å². The minimum absolute atomic E-state index is 0.162. The van der Waals surface area contributed by atoms with Crippen molar-refractivity contribution in [2.45, 2.75) is 50.7 Å². The van der Waals surface area contributed by atoms with Crippen molar-refractivity contribution in [3.05, 3.63) is 69.7 Å². The largest absolute Gasteiger partial charge is 0.382 e. The SMILES string of the molecule is NC(Cc1ccc(Br)cc1)C(O)C(=O)NCCCCNC(=O)CCCc1cc(F)ccc1F. The maximum absolute atomic E-state index is 13.6. The van der Waals surface area contributed by atoms with Gasteiger partial charge in [0.2, 0.25) is 11.8 Å². The minimum atomic E-state index is -1.31. The van der Waals surface area contributed by atoms with Crippen LogP contribution in [0.5, 0.6) is 0 Å². The van der Waals surface area contributed by atoms with Crippen LogP contribution < -0.4 is 16.4 Å². The van der Waals surface area contributed by atoms with Crippen molar-refractivity contribution < 1.29 is 23.5 Å². The highest BCUT2D eigenvalue weighted by Crippen LogP contribution is 2.13. The smallest absolute Gasteiger partial charge is 0.250 e. The fraction of sp³-hybridized carbons (Fsp3) is 0.417. The van der Waals surface area contributed by atoms with E-state index in [-0.39, 0.29) is 24.3 Å². The zero-order valence-corrected chi connectivity index (χ0v) is 19.9. The average molecular weight is 526 g/mol. The summed E-state index contributed by atoms with van der Waals surface area (Å²) in [6, 6.07) is 10.1. The van der Waals surface area contributed by atoms with Gasteiger partial charge in [0.05, 0.1) is 0 Å². The van der Waals surface area contributed by atoms with Crippen molar-refractivity contribution in [3.63, 3.8) is 0 Å². The van der Waals surface area contributed by atoms with Gasteiger partial charge in [-0.2, -0.15) is 0 Å². The lowest BCUT2D eigenvalue weighted by Crippen LogP contribution is -2.47. The molecule has 0 heterocycles. The third kappa shape index (κ3) is 9.98. The van der Waals surface area contributed by atoms with E-state index in [1.165, 1.54) is 0 Å². The molecule has 0 aliphatic rings. The Labute approximate surface area is 201 Å². The van der Waals surface area contributed by atoms with E-state index in [0.717, 1.165) is 28.2 Å². The van der Waals surface area contributed by atoms with Gasteiger partial charge in [0.1, 0.15) is 17.7 Å². The van der Waals surface area contributed by atoms with Crippen molar-refractivity contribution in [1.82, 2.24) is 10.6 Å². The Hall–Kier alpha value is -2.36. The summed E-state index contributed by atoms with van der Waals surface area (Å²) in [7, 11) is 0. The monoisotopic (exact) mass is 525 g/mol. The summed E-state index contributed by atoms with van der Waals surface area (Å²) in [5.74, 6) is -1.65. The summed E-state index contributed by atoms with van der Waals surface area (Å²) < 4.78 is 27.6. The number of aliphatic hydroxyl groups excluding tert-OH is 1. The molecular formula is C24H30BrF2N3O3. The Morgan fingerprint density at radius 2 is 1.67 bits per heavy atom. The number of halogens is 3.